The molecule has 2 aromatic carbocycles. The number of benzene rings is 2. The van der Waals surface area contributed by atoms with Gasteiger partial charge < -0.3 is 14.6 Å². The van der Waals surface area contributed by atoms with E-state index in [9.17, 15) is 9.18 Å². The number of hydrogen-bond acceptors (Lipinski definition) is 5. The van der Waals surface area contributed by atoms with Crippen LogP contribution in [0.25, 0.3) is 0 Å². The number of nitrogens with one attached hydrogen (secondary N) is 1. The molecular formula is C22H25FN4O2S. The molecule has 6 nitrogen and oxygen atoms in total. The Bertz CT molecular complexity index is 1000. The van der Waals surface area contributed by atoms with E-state index in [1.165, 1.54) is 23.9 Å². The fraction of sp³-hybridized carbons (Fsp3) is 0.318. The Morgan fingerprint density at radius 1 is 1.17 bits per heavy atom. The van der Waals surface area contributed by atoms with Crippen molar-refractivity contribution in [3.8, 4) is 5.75 Å². The summed E-state index contributed by atoms with van der Waals surface area (Å²) in [6, 6.07) is 11.8. The number of nitrogens with zero attached hydrogens (tertiary/aromatic N) is 3. The SMILES string of the molecule is CCn1c(SCC(=O)Nc2cc(C)cc(C)c2)nnc1C(C)Oc1ccc(F)cc1. The number of amides is 1. The highest BCUT2D eigenvalue weighted by Crippen LogP contribution is 2.25. The fourth-order valence-corrected chi connectivity index (χ4v) is 3.96. The molecule has 1 atom stereocenters. The zero-order valence-corrected chi connectivity index (χ0v) is 18.3. The standard InChI is InChI=1S/C22H25FN4O2S/c1-5-27-21(16(4)29-19-8-6-17(23)7-9-19)25-26-22(27)30-13-20(28)24-18-11-14(2)10-15(3)12-18/h6-12,16H,5,13H2,1-4H3,(H,24,28). The Balaban J connectivity index is 1.63. The fourth-order valence-electron chi connectivity index (χ4n) is 3.15. The average molecular weight is 429 g/mol. The Morgan fingerprint density at radius 3 is 2.47 bits per heavy atom. The third kappa shape index (κ3) is 5.60. The van der Waals surface area contributed by atoms with Crippen molar-refractivity contribution in [3.63, 3.8) is 0 Å². The van der Waals surface area contributed by atoms with Crippen molar-refractivity contribution in [2.24, 2.45) is 0 Å². The van der Waals surface area contributed by atoms with Gasteiger partial charge in [-0.3, -0.25) is 4.79 Å². The van der Waals surface area contributed by atoms with Gasteiger partial charge in [0.2, 0.25) is 5.91 Å². The lowest BCUT2D eigenvalue weighted by Crippen LogP contribution is -2.15. The minimum absolute atomic E-state index is 0.104. The summed E-state index contributed by atoms with van der Waals surface area (Å²) in [5.74, 6) is 1.01. The molecule has 0 saturated heterocycles. The molecule has 8 heteroatoms. The number of carbonyl (C=O) groups is 1. The van der Waals surface area contributed by atoms with E-state index in [1.807, 2.05) is 44.4 Å². The van der Waals surface area contributed by atoms with E-state index >= 15 is 0 Å². The van der Waals surface area contributed by atoms with Crippen molar-refractivity contribution >= 4 is 23.4 Å². The molecule has 0 bridgehead atoms. The van der Waals surface area contributed by atoms with E-state index in [2.05, 4.69) is 21.6 Å². The number of rotatable bonds is 8. The Kier molecular flexibility index (Phi) is 7.10. The van der Waals surface area contributed by atoms with Gasteiger partial charge in [0, 0.05) is 12.2 Å². The first kappa shape index (κ1) is 21.8. The third-order valence-corrected chi connectivity index (χ3v) is 5.36. The molecule has 0 radical (unpaired) electrons. The smallest absolute Gasteiger partial charge is 0.234 e. The van der Waals surface area contributed by atoms with Gasteiger partial charge >= 0.3 is 0 Å². The molecule has 1 unspecified atom stereocenters. The van der Waals surface area contributed by atoms with Gasteiger partial charge in [0.1, 0.15) is 11.6 Å². The monoisotopic (exact) mass is 428 g/mol. The van der Waals surface area contributed by atoms with Crippen molar-refractivity contribution < 1.29 is 13.9 Å². The first-order valence-corrected chi connectivity index (χ1v) is 10.7. The molecule has 0 spiro atoms. The van der Waals surface area contributed by atoms with E-state index in [0.717, 1.165) is 16.8 Å². The summed E-state index contributed by atoms with van der Waals surface area (Å²) >= 11 is 1.33. The number of ether oxygens (including phenoxy) is 1. The maximum absolute atomic E-state index is 13.1. The van der Waals surface area contributed by atoms with Gasteiger partial charge in [-0.05, 0) is 75.2 Å². The van der Waals surface area contributed by atoms with E-state index in [4.69, 9.17) is 4.74 Å². The first-order valence-electron chi connectivity index (χ1n) is 9.72. The van der Waals surface area contributed by atoms with Crippen LogP contribution in [0.5, 0.6) is 5.75 Å². The van der Waals surface area contributed by atoms with Crippen LogP contribution in [0.1, 0.15) is 36.9 Å². The largest absolute Gasteiger partial charge is 0.483 e. The second-order valence-corrected chi connectivity index (χ2v) is 7.95. The van der Waals surface area contributed by atoms with E-state index < -0.39 is 0 Å². The molecule has 0 saturated carbocycles. The van der Waals surface area contributed by atoms with Crippen molar-refractivity contribution in [3.05, 3.63) is 65.2 Å². The van der Waals surface area contributed by atoms with Crippen LogP contribution in [0, 0.1) is 19.7 Å². The molecule has 0 aliphatic carbocycles. The quantitative estimate of drug-likeness (QED) is 0.516. The van der Waals surface area contributed by atoms with Crippen LogP contribution in [0.4, 0.5) is 10.1 Å². The summed E-state index contributed by atoms with van der Waals surface area (Å²) in [7, 11) is 0. The topological polar surface area (TPSA) is 69.0 Å². The van der Waals surface area contributed by atoms with Gasteiger partial charge in [-0.15, -0.1) is 10.2 Å². The minimum Gasteiger partial charge on any atom is -0.483 e. The predicted molar refractivity (Wildman–Crippen MR) is 116 cm³/mol. The number of carbonyl (C=O) groups excluding carboxylic acids is 1. The lowest BCUT2D eigenvalue weighted by molar-refractivity contribution is -0.113. The van der Waals surface area contributed by atoms with Crippen LogP contribution in [-0.2, 0) is 11.3 Å². The summed E-state index contributed by atoms with van der Waals surface area (Å²) in [5.41, 5.74) is 2.99. The highest BCUT2D eigenvalue weighted by Gasteiger charge is 2.19. The number of aryl methyl sites for hydroxylation is 2. The highest BCUT2D eigenvalue weighted by atomic mass is 32.2. The lowest BCUT2D eigenvalue weighted by Gasteiger charge is -2.15. The molecule has 1 heterocycles. The van der Waals surface area contributed by atoms with Gasteiger partial charge in [0.15, 0.2) is 17.1 Å². The van der Waals surface area contributed by atoms with Gasteiger partial charge in [-0.1, -0.05) is 17.8 Å². The Hall–Kier alpha value is -2.87. The molecule has 1 N–H and O–H groups in total. The van der Waals surface area contributed by atoms with Crippen LogP contribution in [0.2, 0.25) is 0 Å². The van der Waals surface area contributed by atoms with Crippen LogP contribution in [0.3, 0.4) is 0 Å². The number of hydrogen-bond donors (Lipinski definition) is 1. The van der Waals surface area contributed by atoms with Gasteiger partial charge in [-0.25, -0.2) is 4.39 Å². The summed E-state index contributed by atoms with van der Waals surface area (Å²) in [4.78, 5) is 12.4. The molecule has 1 aromatic heterocycles. The second-order valence-electron chi connectivity index (χ2n) is 7.01. The van der Waals surface area contributed by atoms with Crippen molar-refractivity contribution in [1.82, 2.24) is 14.8 Å². The van der Waals surface area contributed by atoms with E-state index in [1.54, 1.807) is 12.1 Å². The van der Waals surface area contributed by atoms with Gasteiger partial charge in [-0.2, -0.15) is 0 Å². The van der Waals surface area contributed by atoms with Crippen molar-refractivity contribution in [1.29, 1.82) is 0 Å². The third-order valence-electron chi connectivity index (χ3n) is 4.39. The summed E-state index contributed by atoms with van der Waals surface area (Å²) in [5, 5.41) is 12.1. The summed E-state index contributed by atoms with van der Waals surface area (Å²) < 4.78 is 20.9. The highest BCUT2D eigenvalue weighted by molar-refractivity contribution is 7.99. The molecule has 30 heavy (non-hydrogen) atoms. The zero-order chi connectivity index (χ0) is 21.7. The maximum Gasteiger partial charge on any atom is 0.234 e. The average Bonchev–Trinajstić information content (AvgIpc) is 3.10. The van der Waals surface area contributed by atoms with Crippen LogP contribution < -0.4 is 10.1 Å². The summed E-state index contributed by atoms with van der Waals surface area (Å²) in [6.45, 7) is 8.48. The number of thioether (sulfide) groups is 1. The predicted octanol–water partition coefficient (Wildman–Crippen LogP) is 4.92. The van der Waals surface area contributed by atoms with Crippen molar-refractivity contribution in [2.75, 3.05) is 11.1 Å². The zero-order valence-electron chi connectivity index (χ0n) is 17.5. The molecule has 3 rings (SSSR count). The van der Waals surface area contributed by atoms with Gasteiger partial charge in [0.25, 0.3) is 0 Å². The maximum atomic E-state index is 13.1. The van der Waals surface area contributed by atoms with Crippen LogP contribution in [0.15, 0.2) is 47.6 Å². The van der Waals surface area contributed by atoms with E-state index in [-0.39, 0.29) is 23.6 Å². The Labute approximate surface area is 179 Å². The van der Waals surface area contributed by atoms with Crippen LogP contribution in [-0.4, -0.2) is 26.4 Å². The number of aromatic nitrogens is 3. The normalized spacial score (nSPS) is 11.9. The van der Waals surface area contributed by atoms with Crippen LogP contribution >= 0.6 is 11.8 Å². The lowest BCUT2D eigenvalue weighted by atomic mass is 10.1. The number of halogens is 1. The second kappa shape index (κ2) is 9.75. The van der Waals surface area contributed by atoms with E-state index in [0.29, 0.717) is 23.3 Å². The molecule has 3 aromatic rings. The molecule has 0 fully saturated rings. The minimum atomic E-state index is -0.374. The van der Waals surface area contributed by atoms with Gasteiger partial charge in [0.05, 0.1) is 5.75 Å². The first-order chi connectivity index (χ1) is 14.4. The number of anilines is 1. The molecule has 1 amide bonds. The molecular weight excluding hydrogens is 403 g/mol. The molecule has 0 aliphatic heterocycles. The van der Waals surface area contributed by atoms with Crippen molar-refractivity contribution in [2.45, 2.75) is 45.5 Å². The molecule has 158 valence electrons. The Morgan fingerprint density at radius 2 is 1.83 bits per heavy atom. The molecule has 0 aliphatic rings. The summed E-state index contributed by atoms with van der Waals surface area (Å²) in [6.07, 6.45) is -0.374.